The highest BCUT2D eigenvalue weighted by Crippen LogP contribution is 2.24. The predicted molar refractivity (Wildman–Crippen MR) is 69.1 cm³/mol. The number of aryl methyl sites for hydroxylation is 2. The quantitative estimate of drug-likeness (QED) is 0.652. The Morgan fingerprint density at radius 2 is 2.11 bits per heavy atom. The van der Waals surface area contributed by atoms with Crippen LogP contribution in [0.3, 0.4) is 0 Å². The molecule has 2 N–H and O–H groups in total. The summed E-state index contributed by atoms with van der Waals surface area (Å²) in [6, 6.07) is 4.62. The third-order valence-electron chi connectivity index (χ3n) is 2.73. The summed E-state index contributed by atoms with van der Waals surface area (Å²) in [5, 5.41) is 20.0. The summed E-state index contributed by atoms with van der Waals surface area (Å²) in [5.74, 6) is -0.108. The predicted octanol–water partition coefficient (Wildman–Crippen LogP) is 2.19. The lowest BCUT2D eigenvalue weighted by atomic mass is 10.1. The molecular weight excluding hydrogens is 248 g/mol. The van der Waals surface area contributed by atoms with Crippen molar-refractivity contribution in [2.75, 3.05) is 5.32 Å². The van der Waals surface area contributed by atoms with Crippen LogP contribution in [0.5, 0.6) is 0 Å². The number of hydrogen-bond donors (Lipinski definition) is 2. The van der Waals surface area contributed by atoms with E-state index in [1.54, 1.807) is 32.2 Å². The summed E-state index contributed by atoms with van der Waals surface area (Å²) < 4.78 is 0. The number of aromatic nitrogens is 2. The average Bonchev–Trinajstić information content (AvgIpc) is 2.74. The summed E-state index contributed by atoms with van der Waals surface area (Å²) >= 11 is 0. The van der Waals surface area contributed by atoms with Crippen molar-refractivity contribution in [2.24, 2.45) is 0 Å². The van der Waals surface area contributed by atoms with E-state index in [0.717, 1.165) is 5.56 Å². The molecule has 0 aliphatic carbocycles. The molecule has 0 fully saturated rings. The Bertz CT molecular complexity index is 648. The molecule has 0 aliphatic heterocycles. The number of anilines is 1. The molecule has 2 rings (SSSR count). The van der Waals surface area contributed by atoms with E-state index < -0.39 is 10.8 Å². The van der Waals surface area contributed by atoms with Crippen LogP contribution in [0.2, 0.25) is 0 Å². The zero-order valence-electron chi connectivity index (χ0n) is 10.4. The number of hydrogen-bond acceptors (Lipinski definition) is 4. The lowest BCUT2D eigenvalue weighted by molar-refractivity contribution is -0.385. The minimum absolute atomic E-state index is 0.0269. The second-order valence-electron chi connectivity index (χ2n) is 4.11. The van der Waals surface area contributed by atoms with Crippen LogP contribution in [0.1, 0.15) is 21.5 Å². The van der Waals surface area contributed by atoms with Gasteiger partial charge in [-0.25, -0.2) is 0 Å². The van der Waals surface area contributed by atoms with E-state index in [1.165, 1.54) is 6.07 Å². The van der Waals surface area contributed by atoms with Crippen LogP contribution in [-0.2, 0) is 0 Å². The summed E-state index contributed by atoms with van der Waals surface area (Å²) in [5.41, 5.74) is 1.04. The first-order chi connectivity index (χ1) is 9.00. The molecule has 0 radical (unpaired) electrons. The number of H-pyrrole nitrogens is 1. The van der Waals surface area contributed by atoms with Gasteiger partial charge in [0, 0.05) is 11.1 Å². The Morgan fingerprint density at radius 3 is 2.68 bits per heavy atom. The van der Waals surface area contributed by atoms with Crippen LogP contribution in [0.4, 0.5) is 11.5 Å². The largest absolute Gasteiger partial charge is 0.307 e. The summed E-state index contributed by atoms with van der Waals surface area (Å²) in [6.07, 6.45) is 1.56. The van der Waals surface area contributed by atoms with Crippen LogP contribution < -0.4 is 5.32 Å². The average molecular weight is 260 g/mol. The van der Waals surface area contributed by atoms with Crippen LogP contribution in [0.25, 0.3) is 0 Å². The Morgan fingerprint density at radius 1 is 1.37 bits per heavy atom. The number of rotatable bonds is 3. The van der Waals surface area contributed by atoms with Crippen molar-refractivity contribution in [3.8, 4) is 0 Å². The zero-order chi connectivity index (χ0) is 14.0. The normalized spacial score (nSPS) is 10.2. The minimum Gasteiger partial charge on any atom is -0.307 e. The van der Waals surface area contributed by atoms with Gasteiger partial charge in [0.1, 0.15) is 11.4 Å². The maximum absolute atomic E-state index is 12.1. The maximum atomic E-state index is 12.1. The van der Waals surface area contributed by atoms with Crippen LogP contribution in [0.15, 0.2) is 24.4 Å². The molecule has 0 saturated heterocycles. The molecule has 0 atom stereocenters. The van der Waals surface area contributed by atoms with Gasteiger partial charge < -0.3 is 5.32 Å². The van der Waals surface area contributed by atoms with Gasteiger partial charge >= 0.3 is 0 Å². The molecule has 1 aromatic heterocycles. The number of aromatic amines is 1. The molecule has 1 heterocycles. The Kier molecular flexibility index (Phi) is 3.28. The van der Waals surface area contributed by atoms with Crippen molar-refractivity contribution in [2.45, 2.75) is 13.8 Å². The Balaban J connectivity index is 2.37. The molecule has 0 bridgehead atoms. The molecule has 1 amide bonds. The molecule has 0 unspecified atom stereocenters. The lowest BCUT2D eigenvalue weighted by Gasteiger charge is -2.06. The van der Waals surface area contributed by atoms with Gasteiger partial charge in [0.25, 0.3) is 11.6 Å². The monoisotopic (exact) mass is 260 g/mol. The Labute approximate surface area is 108 Å². The molecular formula is C12H12N4O3. The van der Waals surface area contributed by atoms with Gasteiger partial charge in [-0.3, -0.25) is 20.0 Å². The van der Waals surface area contributed by atoms with Crippen molar-refractivity contribution in [1.29, 1.82) is 0 Å². The van der Waals surface area contributed by atoms with Gasteiger partial charge in [0.2, 0.25) is 0 Å². The van der Waals surface area contributed by atoms with Crippen LogP contribution in [0, 0.1) is 24.0 Å². The second kappa shape index (κ2) is 4.89. The SMILES string of the molecule is Cc1cn[nH]c1NC(=O)c1cccc(C)c1[N+](=O)[O-]. The summed E-state index contributed by atoms with van der Waals surface area (Å²) in [7, 11) is 0. The minimum atomic E-state index is -0.552. The standard InChI is InChI=1S/C12H12N4O3/c1-7-4-3-5-9(10(7)16(18)19)12(17)14-11-8(2)6-13-15-11/h3-6H,1-2H3,(H2,13,14,15,17). The van der Waals surface area contributed by atoms with Crippen LogP contribution >= 0.6 is 0 Å². The van der Waals surface area contributed by atoms with E-state index in [2.05, 4.69) is 15.5 Å². The topological polar surface area (TPSA) is 101 Å². The zero-order valence-corrected chi connectivity index (χ0v) is 10.4. The third-order valence-corrected chi connectivity index (χ3v) is 2.73. The Hall–Kier alpha value is -2.70. The first-order valence-corrected chi connectivity index (χ1v) is 5.56. The van der Waals surface area contributed by atoms with E-state index >= 15 is 0 Å². The van der Waals surface area contributed by atoms with Crippen molar-refractivity contribution < 1.29 is 9.72 Å². The summed E-state index contributed by atoms with van der Waals surface area (Å²) in [4.78, 5) is 22.5. The highest BCUT2D eigenvalue weighted by Gasteiger charge is 2.22. The fourth-order valence-electron chi connectivity index (χ4n) is 1.74. The number of amides is 1. The van der Waals surface area contributed by atoms with Gasteiger partial charge in [-0.05, 0) is 19.9 Å². The highest BCUT2D eigenvalue weighted by atomic mass is 16.6. The van der Waals surface area contributed by atoms with E-state index in [4.69, 9.17) is 0 Å². The number of carbonyl (C=O) groups excluding carboxylic acids is 1. The number of benzene rings is 1. The van der Waals surface area contributed by atoms with E-state index in [1.807, 2.05) is 0 Å². The van der Waals surface area contributed by atoms with Gasteiger partial charge in [-0.1, -0.05) is 12.1 Å². The highest BCUT2D eigenvalue weighted by molar-refractivity contribution is 6.07. The molecule has 7 heteroatoms. The van der Waals surface area contributed by atoms with E-state index in [0.29, 0.717) is 11.4 Å². The first-order valence-electron chi connectivity index (χ1n) is 5.56. The molecule has 98 valence electrons. The third kappa shape index (κ3) is 2.44. The van der Waals surface area contributed by atoms with Gasteiger partial charge in [0.15, 0.2) is 0 Å². The maximum Gasteiger partial charge on any atom is 0.285 e. The van der Waals surface area contributed by atoms with Crippen molar-refractivity contribution in [3.05, 3.63) is 51.2 Å². The van der Waals surface area contributed by atoms with E-state index in [-0.39, 0.29) is 11.3 Å². The van der Waals surface area contributed by atoms with Crippen molar-refractivity contribution >= 4 is 17.4 Å². The second-order valence-corrected chi connectivity index (χ2v) is 4.11. The lowest BCUT2D eigenvalue weighted by Crippen LogP contribution is -2.15. The number of nitro groups is 1. The van der Waals surface area contributed by atoms with Crippen molar-refractivity contribution in [3.63, 3.8) is 0 Å². The summed E-state index contributed by atoms with van der Waals surface area (Å²) in [6.45, 7) is 3.36. The number of para-hydroxylation sites is 1. The van der Waals surface area contributed by atoms with E-state index in [9.17, 15) is 14.9 Å². The van der Waals surface area contributed by atoms with Crippen molar-refractivity contribution in [1.82, 2.24) is 10.2 Å². The van der Waals surface area contributed by atoms with Crippen LogP contribution in [-0.4, -0.2) is 21.0 Å². The number of nitro benzene ring substituents is 1. The molecule has 7 nitrogen and oxygen atoms in total. The molecule has 0 spiro atoms. The number of carbonyl (C=O) groups is 1. The molecule has 1 aromatic carbocycles. The number of nitrogens with zero attached hydrogens (tertiary/aromatic N) is 2. The number of nitrogens with one attached hydrogen (secondary N) is 2. The van der Waals surface area contributed by atoms with Gasteiger partial charge in [0.05, 0.1) is 11.1 Å². The molecule has 19 heavy (non-hydrogen) atoms. The molecule has 0 aliphatic rings. The fraction of sp³-hybridized carbons (Fsp3) is 0.167. The van der Waals surface area contributed by atoms with Gasteiger partial charge in [-0.15, -0.1) is 0 Å². The first kappa shape index (κ1) is 12.7. The fourth-order valence-corrected chi connectivity index (χ4v) is 1.74. The smallest absolute Gasteiger partial charge is 0.285 e. The molecule has 2 aromatic rings. The van der Waals surface area contributed by atoms with Gasteiger partial charge in [-0.2, -0.15) is 5.10 Å². The molecule has 0 saturated carbocycles.